The molecule has 0 spiro atoms. The fourth-order valence-electron chi connectivity index (χ4n) is 4.89. The summed E-state index contributed by atoms with van der Waals surface area (Å²) in [6, 6.07) is 10.2. The van der Waals surface area contributed by atoms with Crippen LogP contribution in [-0.2, 0) is 18.1 Å². The number of anilines is 1. The molecule has 0 radical (unpaired) electrons. The molecule has 1 amide bonds. The molecule has 0 N–H and O–H groups in total. The second kappa shape index (κ2) is 6.76. The highest BCUT2D eigenvalue weighted by molar-refractivity contribution is 6.20. The lowest BCUT2D eigenvalue weighted by Gasteiger charge is -2.44. The molecule has 2 nitrogen and oxygen atoms in total. The van der Waals surface area contributed by atoms with Gasteiger partial charge in [-0.2, -0.15) is 13.2 Å². The van der Waals surface area contributed by atoms with Crippen molar-refractivity contribution in [3.63, 3.8) is 0 Å². The first-order valence-electron chi connectivity index (χ1n) is 9.80. The Balaban J connectivity index is 1.74. The van der Waals surface area contributed by atoms with Gasteiger partial charge in [-0.3, -0.25) is 4.79 Å². The van der Waals surface area contributed by atoms with Crippen LogP contribution in [-0.4, -0.2) is 5.91 Å². The van der Waals surface area contributed by atoms with E-state index in [9.17, 15) is 18.0 Å². The Hall–Kier alpha value is -2.01. The van der Waals surface area contributed by atoms with Gasteiger partial charge in [0.05, 0.1) is 17.5 Å². The van der Waals surface area contributed by atoms with Crippen LogP contribution in [0.15, 0.2) is 36.4 Å². The molecule has 6 heteroatoms. The Kier molecular flexibility index (Phi) is 4.73. The number of benzene rings is 2. The van der Waals surface area contributed by atoms with E-state index >= 15 is 0 Å². The van der Waals surface area contributed by atoms with Crippen LogP contribution in [0.5, 0.6) is 0 Å². The van der Waals surface area contributed by atoms with Crippen LogP contribution >= 0.6 is 11.6 Å². The molecule has 1 fully saturated rings. The van der Waals surface area contributed by atoms with Gasteiger partial charge in [0, 0.05) is 11.3 Å². The molecule has 0 aromatic heterocycles. The van der Waals surface area contributed by atoms with E-state index in [0.717, 1.165) is 24.5 Å². The molecule has 2 aromatic rings. The molecule has 2 aliphatic rings. The number of carbonyl (C=O) groups is 1. The molecular weight excluding hydrogens is 399 g/mol. The average Bonchev–Trinajstić information content (AvgIpc) is 2.96. The Morgan fingerprint density at radius 2 is 1.90 bits per heavy atom. The molecule has 1 heterocycles. The lowest BCUT2D eigenvalue weighted by atomic mass is 9.60. The topological polar surface area (TPSA) is 20.3 Å². The second-order valence-corrected chi connectivity index (χ2v) is 9.38. The van der Waals surface area contributed by atoms with Crippen molar-refractivity contribution in [3.8, 4) is 0 Å². The third kappa shape index (κ3) is 3.43. The second-order valence-electron chi connectivity index (χ2n) is 8.72. The fraction of sp³-hybridized carbons (Fsp3) is 0.435. The fourth-order valence-corrected chi connectivity index (χ4v) is 5.01. The highest BCUT2D eigenvalue weighted by atomic mass is 35.5. The van der Waals surface area contributed by atoms with Gasteiger partial charge in [0.2, 0.25) is 0 Å². The molecule has 1 saturated carbocycles. The van der Waals surface area contributed by atoms with Gasteiger partial charge in [0.15, 0.2) is 0 Å². The summed E-state index contributed by atoms with van der Waals surface area (Å²) in [5.74, 6) is 0.251. The van der Waals surface area contributed by atoms with E-state index in [2.05, 4.69) is 13.8 Å². The number of amides is 1. The van der Waals surface area contributed by atoms with Gasteiger partial charge >= 0.3 is 6.18 Å². The molecule has 2 aromatic carbocycles. The van der Waals surface area contributed by atoms with Crippen molar-refractivity contribution in [3.05, 3.63) is 64.2 Å². The molecule has 29 heavy (non-hydrogen) atoms. The summed E-state index contributed by atoms with van der Waals surface area (Å²) in [4.78, 5) is 14.5. The van der Waals surface area contributed by atoms with Crippen LogP contribution in [0.4, 0.5) is 18.9 Å². The predicted molar refractivity (Wildman–Crippen MR) is 108 cm³/mol. The molecule has 154 valence electrons. The third-order valence-electron chi connectivity index (χ3n) is 6.28. The summed E-state index contributed by atoms with van der Waals surface area (Å²) in [6.45, 7) is 5.92. The van der Waals surface area contributed by atoms with E-state index in [1.165, 1.54) is 11.0 Å². The van der Waals surface area contributed by atoms with Crippen LogP contribution in [0, 0.1) is 5.92 Å². The summed E-state index contributed by atoms with van der Waals surface area (Å²) in [6.07, 6.45) is -2.40. The van der Waals surface area contributed by atoms with Crippen LogP contribution < -0.4 is 4.90 Å². The lowest BCUT2D eigenvalue weighted by molar-refractivity contribution is -0.138. The number of nitrogens with zero attached hydrogens (tertiary/aromatic N) is 1. The van der Waals surface area contributed by atoms with Gasteiger partial charge in [-0.15, -0.1) is 11.6 Å². The molecule has 1 atom stereocenters. The minimum Gasteiger partial charge on any atom is -0.304 e. The van der Waals surface area contributed by atoms with E-state index in [-0.39, 0.29) is 23.1 Å². The summed E-state index contributed by atoms with van der Waals surface area (Å²) >= 11 is 6.04. The summed E-state index contributed by atoms with van der Waals surface area (Å²) in [7, 11) is 0. The monoisotopic (exact) mass is 421 g/mol. The molecular formula is C23H23ClF3NO. The largest absolute Gasteiger partial charge is 0.416 e. The van der Waals surface area contributed by atoms with Crippen molar-refractivity contribution < 1.29 is 18.0 Å². The first-order valence-corrected chi connectivity index (χ1v) is 10.2. The highest BCUT2D eigenvalue weighted by Gasteiger charge is 2.42. The Labute approximate surface area is 173 Å². The zero-order valence-corrected chi connectivity index (χ0v) is 17.4. The Morgan fingerprint density at radius 3 is 2.48 bits per heavy atom. The van der Waals surface area contributed by atoms with E-state index in [4.69, 9.17) is 11.6 Å². The number of carbonyl (C=O) groups excluding carboxylic acids is 1. The van der Waals surface area contributed by atoms with Gasteiger partial charge in [0.1, 0.15) is 0 Å². The maximum absolute atomic E-state index is 13.7. The van der Waals surface area contributed by atoms with E-state index in [1.54, 1.807) is 13.0 Å². The maximum atomic E-state index is 13.7. The van der Waals surface area contributed by atoms with Crippen molar-refractivity contribution >= 4 is 23.2 Å². The van der Waals surface area contributed by atoms with Crippen LogP contribution in [0.1, 0.15) is 71.6 Å². The van der Waals surface area contributed by atoms with Gasteiger partial charge < -0.3 is 4.90 Å². The average molecular weight is 422 g/mol. The highest BCUT2D eigenvalue weighted by Crippen LogP contribution is 2.48. The molecule has 1 aliphatic carbocycles. The van der Waals surface area contributed by atoms with Crippen molar-refractivity contribution in [2.75, 3.05) is 4.90 Å². The van der Waals surface area contributed by atoms with Crippen LogP contribution in [0.3, 0.4) is 0 Å². The van der Waals surface area contributed by atoms with Crippen molar-refractivity contribution in [1.29, 1.82) is 0 Å². The Morgan fingerprint density at radius 1 is 1.21 bits per heavy atom. The van der Waals surface area contributed by atoms with Gasteiger partial charge in [-0.25, -0.2) is 0 Å². The Bertz CT molecular complexity index is 977. The van der Waals surface area contributed by atoms with E-state index < -0.39 is 23.0 Å². The number of halogens is 4. The van der Waals surface area contributed by atoms with Crippen molar-refractivity contribution in [1.82, 2.24) is 0 Å². The van der Waals surface area contributed by atoms with Crippen molar-refractivity contribution in [2.24, 2.45) is 5.92 Å². The van der Waals surface area contributed by atoms with E-state index in [0.29, 0.717) is 17.2 Å². The first kappa shape index (κ1) is 20.3. The number of alkyl halides is 4. The molecule has 4 rings (SSSR count). The third-order valence-corrected chi connectivity index (χ3v) is 6.53. The maximum Gasteiger partial charge on any atom is 0.416 e. The SMILES string of the molecule is CC1CC(C)(c2cccc(N3Cc4c(cc(C(C)Cl)cc4C(F)(F)F)C3=O)c2)C1. The molecule has 1 aliphatic heterocycles. The summed E-state index contributed by atoms with van der Waals surface area (Å²) in [5.41, 5.74) is 1.47. The van der Waals surface area contributed by atoms with Gasteiger partial charge in [-0.05, 0) is 72.1 Å². The van der Waals surface area contributed by atoms with Gasteiger partial charge in [0.25, 0.3) is 5.91 Å². The standard InChI is InChI=1S/C23H23ClF3NO/c1-13-10-22(3,11-13)16-5-4-6-17(9-16)28-12-19-18(21(28)29)7-15(14(2)24)8-20(19)23(25,26)27/h4-9,13-14H,10-12H2,1-3H3. The van der Waals surface area contributed by atoms with Crippen LogP contribution in [0.25, 0.3) is 0 Å². The lowest BCUT2D eigenvalue weighted by Crippen LogP contribution is -2.37. The van der Waals surface area contributed by atoms with Crippen LogP contribution in [0.2, 0.25) is 0 Å². The van der Waals surface area contributed by atoms with E-state index in [1.807, 2.05) is 18.2 Å². The summed E-state index contributed by atoms with van der Waals surface area (Å²) < 4.78 is 41.0. The number of hydrogen-bond donors (Lipinski definition) is 0. The smallest absolute Gasteiger partial charge is 0.304 e. The first-order chi connectivity index (χ1) is 13.5. The number of rotatable bonds is 3. The minimum absolute atomic E-state index is 0.0254. The van der Waals surface area contributed by atoms with Gasteiger partial charge in [-0.1, -0.05) is 26.0 Å². The normalized spacial score (nSPS) is 25.0. The minimum atomic E-state index is -4.54. The molecule has 0 saturated heterocycles. The predicted octanol–water partition coefficient (Wildman–Crippen LogP) is 6.85. The zero-order chi connectivity index (χ0) is 21.1. The van der Waals surface area contributed by atoms with Crippen molar-refractivity contribution in [2.45, 2.75) is 57.1 Å². The molecule has 0 bridgehead atoms. The number of hydrogen-bond acceptors (Lipinski definition) is 1. The summed E-state index contributed by atoms with van der Waals surface area (Å²) in [5, 5.41) is -0.618. The molecule has 1 unspecified atom stereocenters. The zero-order valence-electron chi connectivity index (χ0n) is 16.6. The quantitative estimate of drug-likeness (QED) is 0.496. The number of fused-ring (bicyclic) bond motifs is 1.